The number of carbonyl (C=O) groups excluding carboxylic acids is 1. The van der Waals surface area contributed by atoms with E-state index in [0.29, 0.717) is 22.6 Å². The van der Waals surface area contributed by atoms with Gasteiger partial charge in [-0.3, -0.25) is 9.78 Å². The minimum Gasteiger partial charge on any atom is -0.365 e. The zero-order chi connectivity index (χ0) is 15.7. The third-order valence-electron chi connectivity index (χ3n) is 3.60. The molecular formula is C15H14FIN4O. The van der Waals surface area contributed by atoms with Crippen molar-refractivity contribution in [3.63, 3.8) is 0 Å². The van der Waals surface area contributed by atoms with E-state index in [4.69, 9.17) is 5.73 Å². The molecule has 2 heterocycles. The molecule has 22 heavy (non-hydrogen) atoms. The Bertz CT molecular complexity index is 733. The van der Waals surface area contributed by atoms with Crippen LogP contribution in [0, 0.1) is 9.39 Å². The number of halogens is 2. The van der Waals surface area contributed by atoms with E-state index in [1.54, 1.807) is 24.4 Å². The minimum atomic E-state index is -0.566. The van der Waals surface area contributed by atoms with Crippen molar-refractivity contribution >= 4 is 39.9 Å². The first-order valence-corrected chi connectivity index (χ1v) is 7.85. The summed E-state index contributed by atoms with van der Waals surface area (Å²) in [5.41, 5.74) is 7.27. The molecule has 1 amide bonds. The van der Waals surface area contributed by atoms with Gasteiger partial charge in [0, 0.05) is 28.8 Å². The van der Waals surface area contributed by atoms with Gasteiger partial charge < -0.3 is 16.4 Å². The zero-order valence-corrected chi connectivity index (χ0v) is 13.7. The second-order valence-corrected chi connectivity index (χ2v) is 6.33. The molecule has 0 radical (unpaired) electrons. The van der Waals surface area contributed by atoms with E-state index in [9.17, 15) is 9.18 Å². The molecule has 7 heteroatoms. The van der Waals surface area contributed by atoms with Crippen LogP contribution in [0.5, 0.6) is 0 Å². The lowest BCUT2D eigenvalue weighted by molar-refractivity contribution is 0.0999. The van der Waals surface area contributed by atoms with Crippen molar-refractivity contribution in [1.82, 2.24) is 10.3 Å². The lowest BCUT2D eigenvalue weighted by atomic mass is 9.93. The molecule has 0 bridgehead atoms. The van der Waals surface area contributed by atoms with Gasteiger partial charge in [0.15, 0.2) is 0 Å². The summed E-state index contributed by atoms with van der Waals surface area (Å²) in [7, 11) is 0. The van der Waals surface area contributed by atoms with Crippen LogP contribution in [0.4, 0.5) is 15.8 Å². The predicted octanol–water partition coefficient (Wildman–Crippen LogP) is 2.35. The normalized spacial score (nSPS) is 14.5. The minimum absolute atomic E-state index is 0.158. The fraction of sp³-hybridized carbons (Fsp3) is 0.200. The monoisotopic (exact) mass is 412 g/mol. The van der Waals surface area contributed by atoms with E-state index in [1.165, 1.54) is 6.07 Å². The number of nitrogens with zero attached hydrogens (tertiary/aromatic N) is 1. The molecule has 0 aliphatic carbocycles. The summed E-state index contributed by atoms with van der Waals surface area (Å²) in [6.07, 6.45) is 1.60. The molecule has 1 saturated heterocycles. The van der Waals surface area contributed by atoms with Crippen molar-refractivity contribution in [3.8, 4) is 0 Å². The van der Waals surface area contributed by atoms with Crippen LogP contribution in [0.15, 0.2) is 30.5 Å². The molecule has 2 aromatic rings. The van der Waals surface area contributed by atoms with Crippen LogP contribution in [0.1, 0.15) is 22.0 Å². The highest BCUT2D eigenvalue weighted by atomic mass is 127. The topological polar surface area (TPSA) is 80.0 Å². The fourth-order valence-corrected chi connectivity index (χ4v) is 2.82. The van der Waals surface area contributed by atoms with Crippen LogP contribution in [-0.2, 0) is 0 Å². The van der Waals surface area contributed by atoms with Crippen LogP contribution in [0.2, 0.25) is 0 Å². The summed E-state index contributed by atoms with van der Waals surface area (Å²) < 4.78 is 14.8. The molecule has 1 aliphatic heterocycles. The number of nitrogens with two attached hydrogens (primary N) is 1. The second kappa shape index (κ2) is 6.17. The van der Waals surface area contributed by atoms with Gasteiger partial charge in [-0.1, -0.05) is 0 Å². The molecule has 1 fully saturated rings. The standard InChI is InChI=1S/C15H14FIN4O/c16-10-5-9(17)1-2-11(10)21-12-3-4-20-14(8-6-19-7-8)13(12)15(18)22/h1-5,8,19H,6-7H2,(H2,18,22)(H,20,21). The Hall–Kier alpha value is -1.74. The van der Waals surface area contributed by atoms with Crippen molar-refractivity contribution in [1.29, 1.82) is 0 Å². The molecular weight excluding hydrogens is 398 g/mol. The van der Waals surface area contributed by atoms with Gasteiger partial charge in [-0.05, 0) is 46.9 Å². The Morgan fingerprint density at radius 1 is 1.36 bits per heavy atom. The smallest absolute Gasteiger partial charge is 0.252 e. The van der Waals surface area contributed by atoms with Crippen molar-refractivity contribution in [2.45, 2.75) is 5.92 Å². The number of primary amides is 1. The first-order chi connectivity index (χ1) is 10.6. The summed E-state index contributed by atoms with van der Waals surface area (Å²) in [6.45, 7) is 1.52. The molecule has 1 aromatic heterocycles. The molecule has 1 aliphatic rings. The highest BCUT2D eigenvalue weighted by Crippen LogP contribution is 2.29. The van der Waals surface area contributed by atoms with Crippen LogP contribution in [0.25, 0.3) is 0 Å². The number of nitrogens with one attached hydrogen (secondary N) is 2. The number of amides is 1. The molecule has 3 rings (SSSR count). The molecule has 0 unspecified atom stereocenters. The van der Waals surface area contributed by atoms with Crippen LogP contribution in [0.3, 0.4) is 0 Å². The van der Waals surface area contributed by atoms with Gasteiger partial charge in [0.05, 0.1) is 22.6 Å². The fourth-order valence-electron chi connectivity index (χ4n) is 2.37. The predicted molar refractivity (Wildman–Crippen MR) is 90.8 cm³/mol. The SMILES string of the molecule is NC(=O)c1c(Nc2ccc(I)cc2F)ccnc1C1CNC1. The van der Waals surface area contributed by atoms with E-state index < -0.39 is 5.91 Å². The van der Waals surface area contributed by atoms with Crippen molar-refractivity contribution < 1.29 is 9.18 Å². The van der Waals surface area contributed by atoms with E-state index in [1.807, 2.05) is 22.6 Å². The van der Waals surface area contributed by atoms with Crippen molar-refractivity contribution in [2.24, 2.45) is 5.73 Å². The number of hydrogen-bond acceptors (Lipinski definition) is 4. The van der Waals surface area contributed by atoms with Gasteiger partial charge in [-0.2, -0.15) is 0 Å². The van der Waals surface area contributed by atoms with E-state index in [-0.39, 0.29) is 11.7 Å². The van der Waals surface area contributed by atoms with Gasteiger partial charge >= 0.3 is 0 Å². The summed E-state index contributed by atoms with van der Waals surface area (Å²) in [5, 5.41) is 6.09. The van der Waals surface area contributed by atoms with Gasteiger partial charge in [0.1, 0.15) is 5.82 Å². The second-order valence-electron chi connectivity index (χ2n) is 5.09. The Morgan fingerprint density at radius 3 is 2.73 bits per heavy atom. The molecule has 0 atom stereocenters. The molecule has 114 valence electrons. The summed E-state index contributed by atoms with van der Waals surface area (Å²) in [5.74, 6) is -0.791. The molecule has 5 nitrogen and oxygen atoms in total. The van der Waals surface area contributed by atoms with Crippen molar-refractivity contribution in [2.75, 3.05) is 18.4 Å². The molecule has 1 aromatic carbocycles. The van der Waals surface area contributed by atoms with Gasteiger partial charge in [-0.25, -0.2) is 4.39 Å². The Kier molecular flexibility index (Phi) is 4.25. The lowest BCUT2D eigenvalue weighted by Crippen LogP contribution is -2.41. The number of rotatable bonds is 4. The number of aromatic nitrogens is 1. The number of benzene rings is 1. The van der Waals surface area contributed by atoms with Crippen LogP contribution >= 0.6 is 22.6 Å². The molecule has 0 saturated carbocycles. The van der Waals surface area contributed by atoms with Gasteiger partial charge in [0.25, 0.3) is 5.91 Å². The van der Waals surface area contributed by atoms with Gasteiger partial charge in [0.2, 0.25) is 0 Å². The summed E-state index contributed by atoms with van der Waals surface area (Å²) in [6, 6.07) is 6.47. The maximum absolute atomic E-state index is 14.0. The average Bonchev–Trinajstić information content (AvgIpc) is 2.40. The lowest BCUT2D eigenvalue weighted by Gasteiger charge is -2.28. The third-order valence-corrected chi connectivity index (χ3v) is 4.27. The first kappa shape index (κ1) is 15.2. The first-order valence-electron chi connectivity index (χ1n) is 6.77. The number of anilines is 2. The summed E-state index contributed by atoms with van der Waals surface area (Å²) in [4.78, 5) is 16.1. The van der Waals surface area contributed by atoms with Crippen molar-refractivity contribution in [3.05, 3.63) is 51.1 Å². The summed E-state index contributed by atoms with van der Waals surface area (Å²) >= 11 is 2.04. The maximum Gasteiger partial charge on any atom is 0.252 e. The van der Waals surface area contributed by atoms with E-state index in [2.05, 4.69) is 15.6 Å². The largest absolute Gasteiger partial charge is 0.365 e. The maximum atomic E-state index is 14.0. The zero-order valence-electron chi connectivity index (χ0n) is 11.6. The average molecular weight is 412 g/mol. The van der Waals surface area contributed by atoms with Crippen LogP contribution < -0.4 is 16.4 Å². The Labute approximate surface area is 140 Å². The highest BCUT2D eigenvalue weighted by molar-refractivity contribution is 14.1. The quantitative estimate of drug-likeness (QED) is 0.674. The number of hydrogen-bond donors (Lipinski definition) is 3. The van der Waals surface area contributed by atoms with E-state index >= 15 is 0 Å². The number of carbonyl (C=O) groups is 1. The van der Waals surface area contributed by atoms with Gasteiger partial charge in [-0.15, -0.1) is 0 Å². The molecule has 0 spiro atoms. The Balaban J connectivity index is 2.00. The van der Waals surface area contributed by atoms with Crippen LogP contribution in [-0.4, -0.2) is 24.0 Å². The van der Waals surface area contributed by atoms with E-state index in [0.717, 1.165) is 16.7 Å². The highest BCUT2D eigenvalue weighted by Gasteiger charge is 2.27. The third kappa shape index (κ3) is 2.91. The number of pyridine rings is 1. The molecule has 4 N–H and O–H groups in total. The Morgan fingerprint density at radius 2 is 2.14 bits per heavy atom.